The van der Waals surface area contributed by atoms with Crippen LogP contribution in [0.3, 0.4) is 0 Å². The largest absolute Gasteiger partial charge is 0.311 e. The van der Waals surface area contributed by atoms with Gasteiger partial charge in [-0.1, -0.05) is 182 Å². The van der Waals surface area contributed by atoms with Crippen LogP contribution in [-0.4, -0.2) is 4.57 Å². The minimum Gasteiger partial charge on any atom is -0.311 e. The van der Waals surface area contributed by atoms with Crippen molar-refractivity contribution in [2.24, 2.45) is 0 Å². The topological polar surface area (TPSA) is 8.17 Å². The van der Waals surface area contributed by atoms with Gasteiger partial charge in [-0.05, 0) is 160 Å². The molecular weight excluding hydrogens is 809 g/mol. The summed E-state index contributed by atoms with van der Waals surface area (Å²) in [5.41, 5.74) is 22.8. The van der Waals surface area contributed by atoms with Crippen molar-refractivity contribution in [1.29, 1.82) is 0 Å². The number of fused-ring (bicyclic) bond motifs is 3. The highest BCUT2D eigenvalue weighted by Crippen LogP contribution is 2.40. The lowest BCUT2D eigenvalue weighted by Crippen LogP contribution is -2.09. The molecule has 0 amide bonds. The third-order valence-corrected chi connectivity index (χ3v) is 13.3. The van der Waals surface area contributed by atoms with E-state index in [2.05, 4.69) is 267 Å². The normalized spacial score (nSPS) is 11.3. The molecule has 0 atom stereocenters. The fraction of sp³-hybridized carbons (Fsp3) is 0.0769. The third-order valence-electron chi connectivity index (χ3n) is 13.3. The average Bonchev–Trinajstić information content (AvgIpc) is 3.71. The van der Waals surface area contributed by atoms with Gasteiger partial charge in [0.05, 0.1) is 11.0 Å². The van der Waals surface area contributed by atoms with Crippen LogP contribution >= 0.6 is 0 Å². The summed E-state index contributed by atoms with van der Waals surface area (Å²) in [6.07, 6.45) is 2.27. The van der Waals surface area contributed by atoms with E-state index in [1.54, 1.807) is 0 Å². The van der Waals surface area contributed by atoms with Crippen molar-refractivity contribution in [3.8, 4) is 61.3 Å². The van der Waals surface area contributed by atoms with E-state index in [1.165, 1.54) is 94.1 Å². The highest BCUT2D eigenvalue weighted by Gasteiger charge is 2.17. The van der Waals surface area contributed by atoms with E-state index in [-0.39, 0.29) is 0 Å². The number of rotatable bonds is 11. The number of benzene rings is 10. The van der Waals surface area contributed by atoms with E-state index in [4.69, 9.17) is 0 Å². The molecule has 0 unspecified atom stereocenters. The molecule has 322 valence electrons. The van der Waals surface area contributed by atoms with Crippen LogP contribution in [0.1, 0.15) is 30.0 Å². The molecule has 11 aromatic rings. The smallest absolute Gasteiger partial charge is 0.0541 e. The van der Waals surface area contributed by atoms with Crippen LogP contribution in [0.15, 0.2) is 237 Å². The van der Waals surface area contributed by atoms with Gasteiger partial charge < -0.3 is 9.47 Å². The Morgan fingerprint density at radius 2 is 0.687 bits per heavy atom. The quantitative estimate of drug-likeness (QED) is 0.126. The second kappa shape index (κ2) is 18.0. The Labute approximate surface area is 394 Å². The minimum absolute atomic E-state index is 1.11. The Morgan fingerprint density at radius 3 is 1.21 bits per heavy atom. The monoisotopic (exact) mass is 860 g/mol. The Hall–Kier alpha value is -8.20. The molecule has 2 heteroatoms. The average molecular weight is 861 g/mol. The van der Waals surface area contributed by atoms with E-state index in [9.17, 15) is 0 Å². The molecule has 0 aliphatic heterocycles. The van der Waals surface area contributed by atoms with Gasteiger partial charge >= 0.3 is 0 Å². The molecule has 2 nitrogen and oxygen atoms in total. The summed E-state index contributed by atoms with van der Waals surface area (Å²) in [6, 6.07) is 87.1. The highest BCUT2D eigenvalue weighted by atomic mass is 15.1. The predicted molar refractivity (Wildman–Crippen MR) is 286 cm³/mol. The molecular formula is C65H52N2. The maximum atomic E-state index is 2.42. The van der Waals surface area contributed by atoms with Gasteiger partial charge in [0, 0.05) is 33.5 Å². The van der Waals surface area contributed by atoms with Gasteiger partial charge in [0.15, 0.2) is 0 Å². The van der Waals surface area contributed by atoms with Crippen molar-refractivity contribution >= 4 is 38.9 Å². The predicted octanol–water partition coefficient (Wildman–Crippen LogP) is 18.2. The fourth-order valence-corrected chi connectivity index (χ4v) is 9.62. The Balaban J connectivity index is 0.932. The molecule has 0 aliphatic carbocycles. The zero-order chi connectivity index (χ0) is 45.3. The molecule has 0 radical (unpaired) electrons. The summed E-state index contributed by atoms with van der Waals surface area (Å²) in [6.45, 7) is 6.51. The Kier molecular flexibility index (Phi) is 11.1. The minimum atomic E-state index is 1.11. The first kappa shape index (κ1) is 41.5. The first-order valence-electron chi connectivity index (χ1n) is 23.5. The van der Waals surface area contributed by atoms with Crippen LogP contribution in [0, 0.1) is 13.8 Å². The highest BCUT2D eigenvalue weighted by molar-refractivity contribution is 6.11. The van der Waals surface area contributed by atoms with Crippen LogP contribution in [-0.2, 0) is 6.42 Å². The maximum absolute atomic E-state index is 2.42. The molecule has 0 aliphatic rings. The van der Waals surface area contributed by atoms with Crippen molar-refractivity contribution in [1.82, 2.24) is 4.57 Å². The van der Waals surface area contributed by atoms with Gasteiger partial charge in [0.1, 0.15) is 0 Å². The van der Waals surface area contributed by atoms with Crippen molar-refractivity contribution < 1.29 is 0 Å². The zero-order valence-corrected chi connectivity index (χ0v) is 38.3. The molecule has 0 bridgehead atoms. The molecule has 11 rings (SSSR count). The van der Waals surface area contributed by atoms with Crippen molar-refractivity contribution in [3.63, 3.8) is 0 Å². The van der Waals surface area contributed by atoms with Crippen LogP contribution in [0.25, 0.3) is 83.1 Å². The second-order valence-electron chi connectivity index (χ2n) is 17.9. The molecule has 0 fully saturated rings. The van der Waals surface area contributed by atoms with E-state index >= 15 is 0 Å². The van der Waals surface area contributed by atoms with Crippen molar-refractivity contribution in [2.45, 2.75) is 33.6 Å². The Morgan fingerprint density at radius 1 is 0.328 bits per heavy atom. The van der Waals surface area contributed by atoms with E-state index in [0.717, 1.165) is 35.6 Å². The molecule has 0 saturated carbocycles. The summed E-state index contributed by atoms with van der Waals surface area (Å²) < 4.78 is 2.42. The van der Waals surface area contributed by atoms with E-state index in [0.29, 0.717) is 0 Å². The number of hydrogen-bond acceptors (Lipinski definition) is 1. The van der Waals surface area contributed by atoms with Crippen LogP contribution < -0.4 is 4.90 Å². The fourth-order valence-electron chi connectivity index (χ4n) is 9.62. The molecule has 0 saturated heterocycles. The first-order chi connectivity index (χ1) is 33.0. The summed E-state index contributed by atoms with van der Waals surface area (Å²) in [5.74, 6) is 0. The van der Waals surface area contributed by atoms with Gasteiger partial charge in [-0.25, -0.2) is 0 Å². The summed E-state index contributed by atoms with van der Waals surface area (Å²) in [4.78, 5) is 2.35. The summed E-state index contributed by atoms with van der Waals surface area (Å²) in [7, 11) is 0. The summed E-state index contributed by atoms with van der Waals surface area (Å²) >= 11 is 0. The second-order valence-corrected chi connectivity index (χ2v) is 17.9. The molecule has 1 heterocycles. The van der Waals surface area contributed by atoms with Crippen LogP contribution in [0.2, 0.25) is 0 Å². The van der Waals surface area contributed by atoms with Gasteiger partial charge in [-0.3, -0.25) is 0 Å². The van der Waals surface area contributed by atoms with Gasteiger partial charge in [0.2, 0.25) is 0 Å². The van der Waals surface area contributed by atoms with Crippen LogP contribution in [0.4, 0.5) is 17.1 Å². The van der Waals surface area contributed by atoms with Crippen LogP contribution in [0.5, 0.6) is 0 Å². The Bertz CT molecular complexity index is 3470. The summed E-state index contributed by atoms with van der Waals surface area (Å²) in [5, 5.41) is 2.47. The first-order valence-corrected chi connectivity index (χ1v) is 23.5. The lowest BCUT2D eigenvalue weighted by Gasteiger charge is -2.26. The molecule has 0 spiro atoms. The third kappa shape index (κ3) is 8.35. The van der Waals surface area contributed by atoms with Crippen molar-refractivity contribution in [3.05, 3.63) is 253 Å². The van der Waals surface area contributed by atoms with Crippen molar-refractivity contribution in [2.75, 3.05) is 4.90 Å². The van der Waals surface area contributed by atoms with E-state index < -0.39 is 0 Å². The van der Waals surface area contributed by atoms with Gasteiger partial charge in [0.25, 0.3) is 0 Å². The molecule has 67 heavy (non-hydrogen) atoms. The number of anilines is 3. The number of aryl methyl sites for hydroxylation is 3. The lowest BCUT2D eigenvalue weighted by molar-refractivity contribution is 0.922. The standard InChI is InChI=1S/C65H52N2/c1-4-9-47-18-22-50(23-19-47)52-24-34-59(35-25-52)66(58-32-16-46(3)17-33-58)60-36-28-53(29-37-60)54-12-8-13-55(42-54)57-31-41-65-63(44-57)62-43-56(48-10-6-5-7-11-48)30-40-64(62)67(65)61-38-26-51(27-39-61)49-20-14-45(2)15-21-49/h5-8,10-44H,4,9H2,1-3H3. The lowest BCUT2D eigenvalue weighted by atomic mass is 9.97. The molecule has 1 aromatic heterocycles. The molecule has 0 N–H and O–H groups in total. The SMILES string of the molecule is CCCc1ccc(-c2ccc(N(c3ccc(C)cc3)c3ccc(-c4cccc(-c5ccc6c(c5)c5cc(-c7ccccc7)ccc5n6-c5ccc(-c6ccc(C)cc6)cc5)c4)cc3)cc2)cc1. The zero-order valence-electron chi connectivity index (χ0n) is 38.3. The van der Waals surface area contributed by atoms with Gasteiger partial charge in [-0.2, -0.15) is 0 Å². The number of hydrogen-bond donors (Lipinski definition) is 0. The number of aromatic nitrogens is 1. The van der Waals surface area contributed by atoms with Gasteiger partial charge in [-0.15, -0.1) is 0 Å². The number of nitrogens with zero attached hydrogens (tertiary/aromatic N) is 2. The maximum Gasteiger partial charge on any atom is 0.0541 e. The van der Waals surface area contributed by atoms with E-state index in [1.807, 2.05) is 0 Å². The molecule has 10 aromatic carbocycles.